The molecule has 1 saturated heterocycles. The standard InChI is InChI=1S/C28H25F3N6O2S/c1-3-20-6-4-5-18(2)25(20)37-24(38)16-40-27(37)36-35-15-19-7-9-21(10-8-19)26(32)34-17-33-22-11-13-23(14-12-22)39-28(29,30)31/h4-15,17H,3,16H2,1-2H3,(H2,32,33,34)/b35-15-,36-27+. The number of hydrogen-bond donors (Lipinski definition) is 1. The molecular formula is C28H25F3N6O2S. The lowest BCUT2D eigenvalue weighted by molar-refractivity contribution is -0.274. The average Bonchev–Trinajstić information content (AvgIpc) is 3.28. The Hall–Kier alpha value is -4.45. The molecule has 0 bridgehead atoms. The fourth-order valence-electron chi connectivity index (χ4n) is 3.83. The van der Waals surface area contributed by atoms with E-state index in [0.717, 1.165) is 40.9 Å². The predicted molar refractivity (Wildman–Crippen MR) is 154 cm³/mol. The number of halogens is 3. The molecule has 4 rings (SSSR count). The van der Waals surface area contributed by atoms with Crippen LogP contribution in [-0.2, 0) is 11.2 Å². The Labute approximate surface area is 233 Å². The maximum absolute atomic E-state index is 12.7. The summed E-state index contributed by atoms with van der Waals surface area (Å²) in [4.78, 5) is 22.4. The Morgan fingerprint density at radius 3 is 2.50 bits per heavy atom. The van der Waals surface area contributed by atoms with E-state index in [0.29, 0.717) is 22.2 Å². The summed E-state index contributed by atoms with van der Waals surface area (Å²) in [6, 6.07) is 18.1. The van der Waals surface area contributed by atoms with Gasteiger partial charge in [-0.25, -0.2) is 9.98 Å². The number of nitrogens with zero attached hydrogens (tertiary/aromatic N) is 5. The highest BCUT2D eigenvalue weighted by molar-refractivity contribution is 8.15. The number of rotatable bonds is 8. The molecule has 2 N–H and O–H groups in total. The van der Waals surface area contributed by atoms with Crippen LogP contribution < -0.4 is 15.4 Å². The summed E-state index contributed by atoms with van der Waals surface area (Å²) < 4.78 is 40.6. The minimum atomic E-state index is -4.75. The molecule has 0 unspecified atom stereocenters. The topological polar surface area (TPSA) is 105 Å². The molecule has 1 amide bonds. The van der Waals surface area contributed by atoms with Gasteiger partial charge in [-0.3, -0.25) is 9.69 Å². The summed E-state index contributed by atoms with van der Waals surface area (Å²) in [5, 5.41) is 9.04. The van der Waals surface area contributed by atoms with Crippen LogP contribution in [0.2, 0.25) is 0 Å². The van der Waals surface area contributed by atoms with Gasteiger partial charge in [0, 0.05) is 5.56 Å². The normalized spacial score (nSPS) is 15.6. The zero-order valence-corrected chi connectivity index (χ0v) is 22.4. The number of amidine groups is 2. The van der Waals surface area contributed by atoms with Gasteiger partial charge >= 0.3 is 6.36 Å². The highest BCUT2D eigenvalue weighted by Gasteiger charge is 2.32. The highest BCUT2D eigenvalue weighted by Crippen LogP contribution is 2.33. The van der Waals surface area contributed by atoms with E-state index in [1.165, 1.54) is 30.2 Å². The first-order valence-electron chi connectivity index (χ1n) is 12.1. The largest absolute Gasteiger partial charge is 0.573 e. The van der Waals surface area contributed by atoms with Crippen LogP contribution in [-0.4, -0.2) is 41.6 Å². The van der Waals surface area contributed by atoms with Crippen LogP contribution in [0.3, 0.4) is 0 Å². The molecule has 40 heavy (non-hydrogen) atoms. The summed E-state index contributed by atoms with van der Waals surface area (Å²) in [5.74, 6) is 0.138. The number of nitrogens with two attached hydrogens (primary N) is 1. The number of amides is 1. The van der Waals surface area contributed by atoms with E-state index in [1.54, 1.807) is 35.4 Å². The number of thioether (sulfide) groups is 1. The molecule has 3 aromatic carbocycles. The quantitative estimate of drug-likeness (QED) is 0.205. The number of carbonyl (C=O) groups excluding carboxylic acids is 1. The summed E-state index contributed by atoms with van der Waals surface area (Å²) in [5.41, 5.74) is 10.7. The van der Waals surface area contributed by atoms with E-state index < -0.39 is 6.36 Å². The monoisotopic (exact) mass is 566 g/mol. The van der Waals surface area contributed by atoms with Gasteiger partial charge in [-0.15, -0.1) is 18.3 Å². The van der Waals surface area contributed by atoms with Crippen molar-refractivity contribution in [2.75, 3.05) is 10.7 Å². The first-order valence-corrected chi connectivity index (χ1v) is 13.1. The molecule has 1 aliphatic heterocycles. The maximum atomic E-state index is 12.7. The molecule has 8 nitrogen and oxygen atoms in total. The van der Waals surface area contributed by atoms with Crippen LogP contribution in [0, 0.1) is 6.92 Å². The molecule has 0 aromatic heterocycles. The van der Waals surface area contributed by atoms with Gasteiger partial charge in [0.2, 0.25) is 5.91 Å². The Morgan fingerprint density at radius 1 is 1.10 bits per heavy atom. The fourth-order valence-corrected chi connectivity index (χ4v) is 4.64. The zero-order chi connectivity index (χ0) is 28.7. The number of aryl methyl sites for hydroxylation is 2. The summed E-state index contributed by atoms with van der Waals surface area (Å²) in [6.07, 6.45) is -1.17. The average molecular weight is 567 g/mol. The van der Waals surface area contributed by atoms with Crippen molar-refractivity contribution in [3.63, 3.8) is 0 Å². The lowest BCUT2D eigenvalue weighted by Gasteiger charge is -2.21. The SMILES string of the molecule is CCc1cccc(C)c1N1C(=O)CS/C1=N/N=C\c1ccc(C(N)=NC=Nc2ccc(OC(F)(F)F)cc2)cc1. The van der Waals surface area contributed by atoms with Crippen molar-refractivity contribution in [3.8, 4) is 5.75 Å². The van der Waals surface area contributed by atoms with Crippen molar-refractivity contribution in [2.24, 2.45) is 25.9 Å². The Bertz CT molecular complexity index is 1480. The van der Waals surface area contributed by atoms with Crippen LogP contribution in [0.1, 0.15) is 29.2 Å². The van der Waals surface area contributed by atoms with Crippen LogP contribution in [0.15, 0.2) is 86.9 Å². The third-order valence-electron chi connectivity index (χ3n) is 5.72. The van der Waals surface area contributed by atoms with E-state index in [4.69, 9.17) is 5.73 Å². The van der Waals surface area contributed by atoms with Crippen LogP contribution in [0.4, 0.5) is 24.5 Å². The van der Waals surface area contributed by atoms with Gasteiger partial charge in [-0.1, -0.05) is 61.2 Å². The van der Waals surface area contributed by atoms with Crippen LogP contribution >= 0.6 is 11.8 Å². The number of anilines is 1. The van der Waals surface area contributed by atoms with E-state index in [2.05, 4.69) is 24.9 Å². The molecule has 1 fully saturated rings. The molecule has 3 aromatic rings. The molecular weight excluding hydrogens is 541 g/mol. The first-order chi connectivity index (χ1) is 19.1. The minimum Gasteiger partial charge on any atom is -0.406 e. The number of para-hydroxylation sites is 1. The predicted octanol–water partition coefficient (Wildman–Crippen LogP) is 5.99. The summed E-state index contributed by atoms with van der Waals surface area (Å²) in [6.45, 7) is 4.02. The van der Waals surface area contributed by atoms with Gasteiger partial charge in [0.15, 0.2) is 5.17 Å². The van der Waals surface area contributed by atoms with Gasteiger partial charge in [0.1, 0.15) is 17.9 Å². The van der Waals surface area contributed by atoms with Crippen LogP contribution in [0.5, 0.6) is 5.75 Å². The highest BCUT2D eigenvalue weighted by atomic mass is 32.2. The van der Waals surface area contributed by atoms with Crippen molar-refractivity contribution in [3.05, 3.63) is 89.0 Å². The molecule has 1 aliphatic rings. The Kier molecular flexibility index (Phi) is 9.00. The third-order valence-corrected chi connectivity index (χ3v) is 6.64. The summed E-state index contributed by atoms with van der Waals surface area (Å²) in [7, 11) is 0. The van der Waals surface area contributed by atoms with E-state index in [9.17, 15) is 18.0 Å². The number of ether oxygens (including phenoxy) is 1. The van der Waals surface area contributed by atoms with E-state index in [-0.39, 0.29) is 17.5 Å². The molecule has 0 saturated carbocycles. The molecule has 0 radical (unpaired) electrons. The van der Waals surface area contributed by atoms with Crippen LogP contribution in [0.25, 0.3) is 0 Å². The van der Waals surface area contributed by atoms with Gasteiger partial charge in [0.05, 0.1) is 23.3 Å². The summed E-state index contributed by atoms with van der Waals surface area (Å²) >= 11 is 1.35. The Balaban J connectivity index is 1.40. The minimum absolute atomic E-state index is 0.0295. The molecule has 0 aliphatic carbocycles. The van der Waals surface area contributed by atoms with Gasteiger partial charge < -0.3 is 10.5 Å². The molecule has 0 atom stereocenters. The van der Waals surface area contributed by atoms with Crippen molar-refractivity contribution in [1.82, 2.24) is 0 Å². The smallest absolute Gasteiger partial charge is 0.406 e. The van der Waals surface area contributed by atoms with Gasteiger partial charge in [-0.2, -0.15) is 5.10 Å². The van der Waals surface area contributed by atoms with Gasteiger partial charge in [0.25, 0.3) is 0 Å². The molecule has 12 heteroatoms. The zero-order valence-electron chi connectivity index (χ0n) is 21.6. The lowest BCUT2D eigenvalue weighted by atomic mass is 10.0. The van der Waals surface area contributed by atoms with Gasteiger partial charge in [-0.05, 0) is 54.3 Å². The van der Waals surface area contributed by atoms with Crippen molar-refractivity contribution >= 4 is 52.6 Å². The van der Waals surface area contributed by atoms with E-state index in [1.807, 2.05) is 32.0 Å². The molecule has 1 heterocycles. The van der Waals surface area contributed by atoms with Crippen molar-refractivity contribution in [2.45, 2.75) is 26.6 Å². The number of alkyl halides is 3. The van der Waals surface area contributed by atoms with Crippen molar-refractivity contribution in [1.29, 1.82) is 0 Å². The second kappa shape index (κ2) is 12.6. The number of aliphatic imine (C=N–C) groups is 2. The number of carbonyl (C=O) groups is 1. The number of hydrogen-bond acceptors (Lipinski definition) is 6. The van der Waals surface area contributed by atoms with Crippen molar-refractivity contribution < 1.29 is 22.7 Å². The number of benzene rings is 3. The first kappa shape index (κ1) is 28.6. The molecule has 0 spiro atoms. The fraction of sp³-hybridized carbons (Fsp3) is 0.179. The molecule has 206 valence electrons. The third kappa shape index (κ3) is 7.35. The lowest BCUT2D eigenvalue weighted by Crippen LogP contribution is -2.30. The Morgan fingerprint density at radius 2 is 1.82 bits per heavy atom. The maximum Gasteiger partial charge on any atom is 0.573 e. The second-order valence-corrected chi connectivity index (χ2v) is 9.45. The second-order valence-electron chi connectivity index (χ2n) is 8.50. The van der Waals surface area contributed by atoms with E-state index >= 15 is 0 Å².